The van der Waals surface area contributed by atoms with Crippen molar-refractivity contribution in [3.63, 3.8) is 0 Å². The van der Waals surface area contributed by atoms with Crippen molar-refractivity contribution in [2.45, 2.75) is 32.7 Å². The van der Waals surface area contributed by atoms with Gasteiger partial charge in [0.05, 0.1) is 24.4 Å². The first kappa shape index (κ1) is 18.4. The molecular formula is C20H20N4O3. The molecule has 7 heteroatoms. The fraction of sp³-hybridized carbons (Fsp3) is 0.300. The quantitative estimate of drug-likeness (QED) is 0.606. The standard InChI is InChI=1S/C20H20N4O3/c1-2-11-24(14-18-22-23-20(27-18)17-4-3-12-26-17)19(25)10-9-15-5-7-16(13-21)8-6-15/h3-8,12H,2,9-11,14H2,1H3. The maximum absolute atomic E-state index is 12.6. The summed E-state index contributed by atoms with van der Waals surface area (Å²) in [6, 6.07) is 12.9. The van der Waals surface area contributed by atoms with E-state index in [2.05, 4.69) is 16.3 Å². The van der Waals surface area contributed by atoms with Gasteiger partial charge in [-0.25, -0.2) is 0 Å². The second-order valence-electron chi connectivity index (χ2n) is 6.10. The maximum atomic E-state index is 12.6. The van der Waals surface area contributed by atoms with E-state index >= 15 is 0 Å². The number of hydrogen-bond donors (Lipinski definition) is 0. The van der Waals surface area contributed by atoms with Crippen LogP contribution in [0.3, 0.4) is 0 Å². The van der Waals surface area contributed by atoms with Gasteiger partial charge in [0, 0.05) is 13.0 Å². The van der Waals surface area contributed by atoms with Crippen LogP contribution in [0.1, 0.15) is 36.8 Å². The van der Waals surface area contributed by atoms with Gasteiger partial charge in [-0.3, -0.25) is 4.79 Å². The second-order valence-corrected chi connectivity index (χ2v) is 6.10. The summed E-state index contributed by atoms with van der Waals surface area (Å²) in [5, 5.41) is 16.8. The van der Waals surface area contributed by atoms with Crippen LogP contribution in [0, 0.1) is 11.3 Å². The van der Waals surface area contributed by atoms with Crippen molar-refractivity contribution in [3.8, 4) is 17.7 Å². The normalized spacial score (nSPS) is 10.5. The third-order valence-electron chi connectivity index (χ3n) is 4.08. The molecule has 0 saturated heterocycles. The van der Waals surface area contributed by atoms with Crippen LogP contribution in [0.2, 0.25) is 0 Å². The smallest absolute Gasteiger partial charge is 0.283 e. The second kappa shape index (κ2) is 8.81. The summed E-state index contributed by atoms with van der Waals surface area (Å²) in [6.07, 6.45) is 3.37. The number of carbonyl (C=O) groups excluding carboxylic acids is 1. The van der Waals surface area contributed by atoms with Gasteiger partial charge in [-0.05, 0) is 42.7 Å². The zero-order valence-corrected chi connectivity index (χ0v) is 15.1. The molecule has 0 fully saturated rings. The number of rotatable bonds is 8. The highest BCUT2D eigenvalue weighted by molar-refractivity contribution is 5.76. The first-order valence-electron chi connectivity index (χ1n) is 8.82. The Hall–Kier alpha value is -3.40. The van der Waals surface area contributed by atoms with Crippen LogP contribution < -0.4 is 0 Å². The maximum Gasteiger partial charge on any atom is 0.283 e. The molecule has 7 nitrogen and oxygen atoms in total. The van der Waals surface area contributed by atoms with Crippen molar-refractivity contribution in [1.29, 1.82) is 5.26 Å². The highest BCUT2D eigenvalue weighted by Crippen LogP contribution is 2.19. The Morgan fingerprint density at radius 2 is 2.04 bits per heavy atom. The van der Waals surface area contributed by atoms with E-state index < -0.39 is 0 Å². The lowest BCUT2D eigenvalue weighted by Crippen LogP contribution is -2.31. The number of nitrogens with zero attached hydrogens (tertiary/aromatic N) is 4. The minimum absolute atomic E-state index is 0.0268. The summed E-state index contributed by atoms with van der Waals surface area (Å²) in [7, 11) is 0. The average Bonchev–Trinajstić information content (AvgIpc) is 3.38. The molecule has 1 aromatic carbocycles. The highest BCUT2D eigenvalue weighted by Gasteiger charge is 2.18. The Kier molecular flexibility index (Phi) is 6.00. The molecule has 0 N–H and O–H groups in total. The molecule has 2 aromatic heterocycles. The molecule has 3 rings (SSSR count). The topological polar surface area (TPSA) is 96.2 Å². The summed E-state index contributed by atoms with van der Waals surface area (Å²) in [4.78, 5) is 14.4. The van der Waals surface area contributed by atoms with Crippen molar-refractivity contribution >= 4 is 5.91 Å². The third-order valence-corrected chi connectivity index (χ3v) is 4.08. The Bertz CT molecular complexity index is 908. The minimum atomic E-state index is 0.0268. The van der Waals surface area contributed by atoms with Gasteiger partial charge in [-0.1, -0.05) is 19.1 Å². The Balaban J connectivity index is 1.60. The molecule has 0 spiro atoms. The summed E-state index contributed by atoms with van der Waals surface area (Å²) >= 11 is 0. The number of aromatic nitrogens is 2. The lowest BCUT2D eigenvalue weighted by atomic mass is 10.1. The molecule has 3 aromatic rings. The lowest BCUT2D eigenvalue weighted by molar-refractivity contribution is -0.132. The molecule has 0 aliphatic heterocycles. The van der Waals surface area contributed by atoms with Gasteiger partial charge >= 0.3 is 0 Å². The van der Waals surface area contributed by atoms with Crippen molar-refractivity contribution in [1.82, 2.24) is 15.1 Å². The van der Waals surface area contributed by atoms with Gasteiger partial charge in [-0.15, -0.1) is 10.2 Å². The number of nitriles is 1. The van der Waals surface area contributed by atoms with E-state index in [-0.39, 0.29) is 12.5 Å². The largest absolute Gasteiger partial charge is 0.459 e. The number of furan rings is 1. The van der Waals surface area contributed by atoms with Gasteiger partial charge in [0.15, 0.2) is 5.76 Å². The Labute approximate surface area is 157 Å². The fourth-order valence-electron chi connectivity index (χ4n) is 2.70. The van der Waals surface area contributed by atoms with Crippen LogP contribution in [0.4, 0.5) is 0 Å². The van der Waals surface area contributed by atoms with Gasteiger partial charge < -0.3 is 13.7 Å². The number of amides is 1. The van der Waals surface area contributed by atoms with E-state index in [0.717, 1.165) is 12.0 Å². The molecule has 0 aliphatic carbocycles. The first-order chi connectivity index (χ1) is 13.2. The monoisotopic (exact) mass is 364 g/mol. The van der Waals surface area contributed by atoms with Crippen LogP contribution >= 0.6 is 0 Å². The SMILES string of the molecule is CCCN(Cc1nnc(-c2ccco2)o1)C(=O)CCc1ccc(C#N)cc1. The summed E-state index contributed by atoms with van der Waals surface area (Å²) in [6.45, 7) is 2.90. The van der Waals surface area contributed by atoms with Crippen molar-refractivity contribution < 1.29 is 13.6 Å². The molecule has 27 heavy (non-hydrogen) atoms. The van der Waals surface area contributed by atoms with Crippen LogP contribution in [-0.2, 0) is 17.8 Å². The summed E-state index contributed by atoms with van der Waals surface area (Å²) in [5.41, 5.74) is 1.64. The molecule has 0 aliphatic rings. The Morgan fingerprint density at radius 1 is 1.22 bits per heavy atom. The van der Waals surface area contributed by atoms with E-state index in [1.54, 1.807) is 29.2 Å². The predicted octanol–water partition coefficient (Wildman–Crippen LogP) is 3.57. The fourth-order valence-corrected chi connectivity index (χ4v) is 2.70. The van der Waals surface area contributed by atoms with Crippen molar-refractivity contribution in [3.05, 3.63) is 59.7 Å². The van der Waals surface area contributed by atoms with E-state index in [4.69, 9.17) is 14.1 Å². The first-order valence-corrected chi connectivity index (χ1v) is 8.82. The van der Waals surface area contributed by atoms with Gasteiger partial charge in [0.1, 0.15) is 0 Å². The molecule has 0 saturated carbocycles. The summed E-state index contributed by atoms with van der Waals surface area (Å²) < 4.78 is 10.8. The van der Waals surface area contributed by atoms with E-state index in [9.17, 15) is 4.79 Å². The number of aryl methyl sites for hydroxylation is 1. The molecule has 0 radical (unpaired) electrons. The van der Waals surface area contributed by atoms with Crippen LogP contribution in [0.15, 0.2) is 51.5 Å². The zero-order valence-electron chi connectivity index (χ0n) is 15.1. The molecular weight excluding hydrogens is 344 g/mol. The molecule has 1 amide bonds. The van der Waals surface area contributed by atoms with E-state index in [1.807, 2.05) is 19.1 Å². The van der Waals surface area contributed by atoms with Crippen LogP contribution in [-0.4, -0.2) is 27.5 Å². The minimum Gasteiger partial charge on any atom is -0.459 e. The van der Waals surface area contributed by atoms with Crippen LogP contribution in [0.5, 0.6) is 0 Å². The third kappa shape index (κ3) is 4.82. The lowest BCUT2D eigenvalue weighted by Gasteiger charge is -2.20. The Morgan fingerprint density at radius 3 is 2.70 bits per heavy atom. The van der Waals surface area contributed by atoms with Gasteiger partial charge in [-0.2, -0.15) is 5.26 Å². The molecule has 2 heterocycles. The van der Waals surface area contributed by atoms with E-state index in [0.29, 0.717) is 42.5 Å². The van der Waals surface area contributed by atoms with Gasteiger partial charge in [0.25, 0.3) is 5.89 Å². The van der Waals surface area contributed by atoms with Crippen molar-refractivity contribution in [2.75, 3.05) is 6.54 Å². The highest BCUT2D eigenvalue weighted by atomic mass is 16.4. The molecule has 0 bridgehead atoms. The number of hydrogen-bond acceptors (Lipinski definition) is 6. The predicted molar refractivity (Wildman–Crippen MR) is 97.2 cm³/mol. The number of benzene rings is 1. The average molecular weight is 364 g/mol. The van der Waals surface area contributed by atoms with Gasteiger partial charge in [0.2, 0.25) is 11.8 Å². The van der Waals surface area contributed by atoms with Crippen LogP contribution in [0.25, 0.3) is 11.7 Å². The number of carbonyl (C=O) groups is 1. The molecule has 0 atom stereocenters. The van der Waals surface area contributed by atoms with Crippen molar-refractivity contribution in [2.24, 2.45) is 0 Å². The summed E-state index contributed by atoms with van der Waals surface area (Å²) in [5.74, 6) is 1.21. The zero-order chi connectivity index (χ0) is 19.1. The van der Waals surface area contributed by atoms with E-state index in [1.165, 1.54) is 6.26 Å². The molecule has 138 valence electrons. The molecule has 0 unspecified atom stereocenters.